The van der Waals surface area contributed by atoms with Crippen LogP contribution in [0.15, 0.2) is 17.8 Å². The molecule has 0 aromatic carbocycles. The summed E-state index contributed by atoms with van der Waals surface area (Å²) in [7, 11) is 0. The van der Waals surface area contributed by atoms with Crippen LogP contribution in [0.4, 0.5) is 0 Å². The van der Waals surface area contributed by atoms with Crippen molar-refractivity contribution in [2.24, 2.45) is 0 Å². The van der Waals surface area contributed by atoms with E-state index >= 15 is 0 Å². The van der Waals surface area contributed by atoms with Crippen LogP contribution in [0.2, 0.25) is 0 Å². The van der Waals surface area contributed by atoms with Gasteiger partial charge in [-0.1, -0.05) is 20.3 Å². The molecule has 0 bridgehead atoms. The minimum absolute atomic E-state index is 0.546. The summed E-state index contributed by atoms with van der Waals surface area (Å²) in [5.41, 5.74) is 2.30. The maximum atomic E-state index is 4.40. The molecule has 0 amide bonds. The molecule has 0 aliphatic carbocycles. The summed E-state index contributed by atoms with van der Waals surface area (Å²) < 4.78 is 1.26. The Labute approximate surface area is 88.0 Å². The fraction of sp³-hybridized carbons (Fsp3) is 0.455. The first-order chi connectivity index (χ1) is 6.83. The van der Waals surface area contributed by atoms with Crippen molar-refractivity contribution >= 4 is 21.6 Å². The predicted octanol–water partition coefficient (Wildman–Crippen LogP) is 3.59. The Morgan fingerprint density at radius 1 is 1.43 bits per heavy atom. The molecule has 2 heterocycles. The van der Waals surface area contributed by atoms with E-state index < -0.39 is 0 Å². The Morgan fingerprint density at radius 3 is 3.07 bits per heavy atom. The summed E-state index contributed by atoms with van der Waals surface area (Å²) in [5, 5.41) is 2.08. The molecule has 0 radical (unpaired) electrons. The van der Waals surface area contributed by atoms with Crippen LogP contribution in [0.25, 0.3) is 10.2 Å². The van der Waals surface area contributed by atoms with Crippen LogP contribution >= 0.6 is 11.3 Å². The molecule has 2 aromatic rings. The van der Waals surface area contributed by atoms with E-state index in [9.17, 15) is 0 Å². The van der Waals surface area contributed by atoms with Crippen molar-refractivity contribution in [3.05, 3.63) is 23.5 Å². The summed E-state index contributed by atoms with van der Waals surface area (Å²) in [6.07, 6.45) is 4.08. The third kappa shape index (κ3) is 1.64. The van der Waals surface area contributed by atoms with E-state index in [-0.39, 0.29) is 0 Å². The summed E-state index contributed by atoms with van der Waals surface area (Å²) in [4.78, 5) is 8.64. The molecule has 0 saturated carbocycles. The summed E-state index contributed by atoms with van der Waals surface area (Å²) in [6, 6.07) is 2.06. The first kappa shape index (κ1) is 9.59. The molecule has 0 fully saturated rings. The van der Waals surface area contributed by atoms with E-state index in [1.807, 2.05) is 0 Å². The van der Waals surface area contributed by atoms with Gasteiger partial charge in [-0.05, 0) is 23.8 Å². The van der Waals surface area contributed by atoms with Crippen molar-refractivity contribution in [1.29, 1.82) is 0 Å². The molecule has 1 atom stereocenters. The van der Waals surface area contributed by atoms with Gasteiger partial charge in [-0.15, -0.1) is 11.3 Å². The molecule has 0 aliphatic rings. The maximum absolute atomic E-state index is 4.40. The van der Waals surface area contributed by atoms with Gasteiger partial charge < -0.3 is 0 Å². The van der Waals surface area contributed by atoms with Gasteiger partial charge in [0.1, 0.15) is 6.33 Å². The Bertz CT molecular complexity index is 422. The molecule has 0 spiro atoms. The Balaban J connectivity index is 2.45. The van der Waals surface area contributed by atoms with Gasteiger partial charge in [-0.3, -0.25) is 0 Å². The second kappa shape index (κ2) is 4.05. The zero-order valence-electron chi connectivity index (χ0n) is 8.53. The molecule has 3 heteroatoms. The van der Waals surface area contributed by atoms with Crippen LogP contribution in [0.3, 0.4) is 0 Å². The lowest BCUT2D eigenvalue weighted by molar-refractivity contribution is 0.652. The van der Waals surface area contributed by atoms with Crippen LogP contribution in [0, 0.1) is 0 Å². The lowest BCUT2D eigenvalue weighted by Crippen LogP contribution is -1.97. The third-order valence-corrected chi connectivity index (χ3v) is 3.39. The van der Waals surface area contributed by atoms with Gasteiger partial charge in [0.2, 0.25) is 0 Å². The minimum atomic E-state index is 0.546. The topological polar surface area (TPSA) is 25.8 Å². The summed E-state index contributed by atoms with van der Waals surface area (Å²) in [6.45, 7) is 4.45. The smallest absolute Gasteiger partial charge is 0.116 e. The second-order valence-corrected chi connectivity index (χ2v) is 4.50. The first-order valence-electron chi connectivity index (χ1n) is 5.01. The molecule has 0 saturated heterocycles. The molecular formula is C11H14N2S. The molecule has 1 unspecified atom stereocenters. The van der Waals surface area contributed by atoms with Gasteiger partial charge in [0.15, 0.2) is 0 Å². The average molecular weight is 206 g/mol. The zero-order chi connectivity index (χ0) is 9.97. The van der Waals surface area contributed by atoms with Crippen molar-refractivity contribution in [2.45, 2.75) is 32.6 Å². The van der Waals surface area contributed by atoms with Crippen LogP contribution in [0.5, 0.6) is 0 Å². The molecule has 2 aromatic heterocycles. The van der Waals surface area contributed by atoms with E-state index in [2.05, 4.69) is 35.3 Å². The van der Waals surface area contributed by atoms with Crippen LogP contribution in [0.1, 0.15) is 38.3 Å². The maximum Gasteiger partial charge on any atom is 0.116 e. The molecule has 0 N–H and O–H groups in total. The van der Waals surface area contributed by atoms with Crippen LogP contribution in [-0.2, 0) is 0 Å². The molecule has 14 heavy (non-hydrogen) atoms. The van der Waals surface area contributed by atoms with Crippen molar-refractivity contribution in [3.63, 3.8) is 0 Å². The first-order valence-corrected chi connectivity index (χ1v) is 5.89. The van der Waals surface area contributed by atoms with E-state index in [1.165, 1.54) is 23.2 Å². The number of hydrogen-bond acceptors (Lipinski definition) is 3. The highest BCUT2D eigenvalue weighted by Crippen LogP contribution is 2.28. The van der Waals surface area contributed by atoms with Gasteiger partial charge in [-0.25, -0.2) is 9.97 Å². The summed E-state index contributed by atoms with van der Waals surface area (Å²) >= 11 is 1.74. The minimum Gasteiger partial charge on any atom is -0.240 e. The fourth-order valence-corrected chi connectivity index (χ4v) is 2.68. The van der Waals surface area contributed by atoms with Crippen molar-refractivity contribution in [2.75, 3.05) is 0 Å². The SMILES string of the molecule is CCCC(C)c1ncnc2ccsc12. The number of aromatic nitrogens is 2. The third-order valence-electron chi connectivity index (χ3n) is 2.46. The predicted molar refractivity (Wildman–Crippen MR) is 60.7 cm³/mol. The van der Waals surface area contributed by atoms with Gasteiger partial charge in [-0.2, -0.15) is 0 Å². The molecule has 0 aliphatic heterocycles. The van der Waals surface area contributed by atoms with Gasteiger partial charge >= 0.3 is 0 Å². The number of thiophene rings is 1. The molecular weight excluding hydrogens is 192 g/mol. The molecule has 74 valence electrons. The fourth-order valence-electron chi connectivity index (χ4n) is 1.73. The largest absolute Gasteiger partial charge is 0.240 e. The highest BCUT2D eigenvalue weighted by Gasteiger charge is 2.11. The van der Waals surface area contributed by atoms with E-state index in [4.69, 9.17) is 0 Å². The van der Waals surface area contributed by atoms with Gasteiger partial charge in [0, 0.05) is 0 Å². The second-order valence-electron chi connectivity index (χ2n) is 3.58. The van der Waals surface area contributed by atoms with Crippen LogP contribution in [-0.4, -0.2) is 9.97 Å². The number of hydrogen-bond donors (Lipinski definition) is 0. The van der Waals surface area contributed by atoms with E-state index in [0.717, 1.165) is 5.52 Å². The Morgan fingerprint density at radius 2 is 2.29 bits per heavy atom. The van der Waals surface area contributed by atoms with E-state index in [1.54, 1.807) is 17.7 Å². The Kier molecular flexibility index (Phi) is 2.77. The van der Waals surface area contributed by atoms with Crippen molar-refractivity contribution in [3.8, 4) is 0 Å². The number of fused-ring (bicyclic) bond motifs is 1. The monoisotopic (exact) mass is 206 g/mol. The standard InChI is InChI=1S/C11H14N2S/c1-3-4-8(2)10-11-9(5-6-14-11)12-7-13-10/h5-8H,3-4H2,1-2H3. The van der Waals surface area contributed by atoms with Gasteiger partial charge in [0.05, 0.1) is 15.9 Å². The zero-order valence-corrected chi connectivity index (χ0v) is 9.34. The van der Waals surface area contributed by atoms with Crippen LogP contribution < -0.4 is 0 Å². The highest BCUT2D eigenvalue weighted by molar-refractivity contribution is 7.17. The molecule has 2 nitrogen and oxygen atoms in total. The van der Waals surface area contributed by atoms with Crippen molar-refractivity contribution < 1.29 is 0 Å². The van der Waals surface area contributed by atoms with Crippen molar-refractivity contribution in [1.82, 2.24) is 9.97 Å². The van der Waals surface area contributed by atoms with E-state index in [0.29, 0.717) is 5.92 Å². The average Bonchev–Trinajstić information content (AvgIpc) is 2.65. The van der Waals surface area contributed by atoms with Gasteiger partial charge in [0.25, 0.3) is 0 Å². The number of rotatable bonds is 3. The quantitative estimate of drug-likeness (QED) is 0.767. The summed E-state index contributed by atoms with van der Waals surface area (Å²) in [5.74, 6) is 0.546. The Hall–Kier alpha value is -0.960. The normalized spacial score (nSPS) is 13.3. The molecule has 2 rings (SSSR count). The number of nitrogens with zero attached hydrogens (tertiary/aromatic N) is 2. The highest BCUT2D eigenvalue weighted by atomic mass is 32.1. The lowest BCUT2D eigenvalue weighted by Gasteiger charge is -2.09. The lowest BCUT2D eigenvalue weighted by atomic mass is 10.0.